The monoisotopic (exact) mass is 416 g/mol. The van der Waals surface area contributed by atoms with Crippen molar-refractivity contribution in [2.75, 3.05) is 0 Å². The number of ketones is 1. The van der Waals surface area contributed by atoms with Gasteiger partial charge in [0.1, 0.15) is 11.3 Å². The largest absolute Gasteiger partial charge is 0.506 e. The van der Waals surface area contributed by atoms with Crippen LogP contribution in [0.2, 0.25) is 0 Å². The number of carbonyl (C=O) groups is 1. The number of hydrogen-bond acceptors (Lipinski definition) is 7. The third kappa shape index (κ3) is 3.76. The lowest BCUT2D eigenvalue weighted by molar-refractivity contribution is -0.384. The number of fused-ring (bicyclic) bond motifs is 1. The van der Waals surface area contributed by atoms with E-state index in [-0.39, 0.29) is 34.4 Å². The van der Waals surface area contributed by atoms with Crippen LogP contribution in [-0.2, 0) is 6.42 Å². The number of pyridine rings is 3. The molecule has 0 aliphatic carbocycles. The second kappa shape index (κ2) is 8.15. The number of nitro groups is 1. The Balaban J connectivity index is 1.87. The third-order valence-electron chi connectivity index (χ3n) is 4.88. The van der Waals surface area contributed by atoms with Gasteiger partial charge in [-0.05, 0) is 42.3 Å². The van der Waals surface area contributed by atoms with E-state index in [2.05, 4.69) is 9.97 Å². The van der Waals surface area contributed by atoms with Crippen molar-refractivity contribution in [1.82, 2.24) is 14.5 Å². The first-order chi connectivity index (χ1) is 15.0. The number of rotatable bonds is 6. The molecule has 4 aromatic rings. The first kappa shape index (κ1) is 19.9. The van der Waals surface area contributed by atoms with Crippen LogP contribution in [0.4, 0.5) is 5.69 Å². The third-order valence-corrected chi connectivity index (χ3v) is 4.88. The van der Waals surface area contributed by atoms with Crippen molar-refractivity contribution in [2.45, 2.75) is 12.8 Å². The quantitative estimate of drug-likeness (QED) is 0.290. The molecule has 0 unspecified atom stereocenters. The summed E-state index contributed by atoms with van der Waals surface area (Å²) in [5.41, 5.74) is -0.247. The van der Waals surface area contributed by atoms with E-state index in [1.165, 1.54) is 36.5 Å². The van der Waals surface area contributed by atoms with Gasteiger partial charge in [0.2, 0.25) is 0 Å². The number of carbonyl (C=O) groups excluding carboxylic acids is 1. The summed E-state index contributed by atoms with van der Waals surface area (Å²) in [7, 11) is 0. The Labute approximate surface area is 175 Å². The second-order valence-electron chi connectivity index (χ2n) is 6.79. The van der Waals surface area contributed by atoms with Gasteiger partial charge in [0, 0.05) is 37.1 Å². The number of nitro benzene ring substituents is 1. The molecule has 31 heavy (non-hydrogen) atoms. The van der Waals surface area contributed by atoms with Gasteiger partial charge in [0.15, 0.2) is 11.4 Å². The number of hydrogen-bond donors (Lipinski definition) is 1. The van der Waals surface area contributed by atoms with Gasteiger partial charge in [0.05, 0.1) is 16.0 Å². The van der Waals surface area contributed by atoms with E-state index in [4.69, 9.17) is 0 Å². The lowest BCUT2D eigenvalue weighted by atomic mass is 10.0. The summed E-state index contributed by atoms with van der Waals surface area (Å²) in [6, 6.07) is 12.1. The Morgan fingerprint density at radius 2 is 1.87 bits per heavy atom. The zero-order chi connectivity index (χ0) is 22.0. The number of nitrogens with zero attached hydrogens (tertiary/aromatic N) is 4. The summed E-state index contributed by atoms with van der Waals surface area (Å²) in [5, 5.41) is 22.1. The molecule has 0 radical (unpaired) electrons. The van der Waals surface area contributed by atoms with E-state index in [0.29, 0.717) is 6.42 Å². The Morgan fingerprint density at radius 3 is 2.61 bits per heavy atom. The molecule has 0 spiro atoms. The fraction of sp³-hybridized carbons (Fsp3) is 0.0909. The van der Waals surface area contributed by atoms with Crippen molar-refractivity contribution in [2.24, 2.45) is 0 Å². The van der Waals surface area contributed by atoms with Gasteiger partial charge in [0.25, 0.3) is 11.2 Å². The molecule has 0 saturated carbocycles. The molecule has 3 heterocycles. The van der Waals surface area contributed by atoms with Crippen LogP contribution in [0.3, 0.4) is 0 Å². The average molecular weight is 416 g/mol. The SMILES string of the molecule is O=C(CCc1ccncc1)c1c(O)c2cccnc2n(-c2cccc([N+](=O)[O-])c2)c1=O. The molecular weight excluding hydrogens is 400 g/mol. The second-order valence-corrected chi connectivity index (χ2v) is 6.79. The Morgan fingerprint density at radius 1 is 1.10 bits per heavy atom. The molecule has 0 aliphatic rings. The van der Waals surface area contributed by atoms with Crippen LogP contribution < -0.4 is 5.56 Å². The molecule has 3 aromatic heterocycles. The maximum Gasteiger partial charge on any atom is 0.271 e. The minimum Gasteiger partial charge on any atom is -0.506 e. The lowest BCUT2D eigenvalue weighted by Gasteiger charge is -2.14. The fourth-order valence-corrected chi connectivity index (χ4v) is 3.37. The van der Waals surface area contributed by atoms with Gasteiger partial charge in [-0.25, -0.2) is 4.98 Å². The van der Waals surface area contributed by atoms with E-state index in [0.717, 1.165) is 10.1 Å². The van der Waals surface area contributed by atoms with Gasteiger partial charge in [-0.15, -0.1) is 0 Å². The summed E-state index contributed by atoms with van der Waals surface area (Å²) < 4.78 is 1.11. The Hall–Kier alpha value is -4.40. The topological polar surface area (TPSA) is 128 Å². The first-order valence-corrected chi connectivity index (χ1v) is 9.37. The molecule has 4 rings (SSSR count). The van der Waals surface area contributed by atoms with E-state index in [9.17, 15) is 24.8 Å². The van der Waals surface area contributed by atoms with Gasteiger partial charge in [-0.2, -0.15) is 0 Å². The molecule has 0 atom stereocenters. The van der Waals surface area contributed by atoms with Crippen molar-refractivity contribution < 1.29 is 14.8 Å². The zero-order valence-corrected chi connectivity index (χ0v) is 16.1. The molecule has 9 nitrogen and oxygen atoms in total. The van der Waals surface area contributed by atoms with Crippen LogP contribution in [0.25, 0.3) is 16.7 Å². The molecule has 0 aliphatic heterocycles. The highest BCUT2D eigenvalue weighted by Gasteiger charge is 2.24. The summed E-state index contributed by atoms with van der Waals surface area (Å²) in [6.07, 6.45) is 5.00. The number of aromatic hydroxyl groups is 1. The highest BCUT2D eigenvalue weighted by atomic mass is 16.6. The van der Waals surface area contributed by atoms with Crippen LogP contribution in [0.15, 0.2) is 71.9 Å². The summed E-state index contributed by atoms with van der Waals surface area (Å²) in [6.45, 7) is 0. The van der Waals surface area contributed by atoms with Crippen LogP contribution >= 0.6 is 0 Å². The minimum atomic E-state index is -0.788. The molecule has 154 valence electrons. The van der Waals surface area contributed by atoms with Crippen molar-refractivity contribution in [3.63, 3.8) is 0 Å². The van der Waals surface area contributed by atoms with Gasteiger partial charge in [-0.3, -0.25) is 29.3 Å². The smallest absolute Gasteiger partial charge is 0.271 e. The van der Waals surface area contributed by atoms with E-state index < -0.39 is 22.0 Å². The number of non-ortho nitro benzene ring substituents is 1. The first-order valence-electron chi connectivity index (χ1n) is 9.37. The minimum absolute atomic E-state index is 0.00643. The summed E-state index contributed by atoms with van der Waals surface area (Å²) in [4.78, 5) is 44.9. The van der Waals surface area contributed by atoms with Crippen LogP contribution in [0.1, 0.15) is 22.3 Å². The summed E-state index contributed by atoms with van der Waals surface area (Å²) >= 11 is 0. The number of benzene rings is 1. The highest BCUT2D eigenvalue weighted by Crippen LogP contribution is 2.28. The molecule has 0 fully saturated rings. The molecule has 9 heteroatoms. The zero-order valence-electron chi connectivity index (χ0n) is 16.1. The predicted molar refractivity (Wildman–Crippen MR) is 113 cm³/mol. The van der Waals surface area contributed by atoms with Crippen molar-refractivity contribution in [3.05, 3.63) is 98.7 Å². The number of aromatic nitrogens is 3. The van der Waals surface area contributed by atoms with Gasteiger partial charge in [-0.1, -0.05) is 6.07 Å². The van der Waals surface area contributed by atoms with E-state index in [1.54, 1.807) is 30.6 Å². The molecule has 0 saturated heterocycles. The van der Waals surface area contributed by atoms with Gasteiger partial charge < -0.3 is 5.11 Å². The highest BCUT2D eigenvalue weighted by molar-refractivity contribution is 6.03. The maximum absolute atomic E-state index is 13.3. The fourth-order valence-electron chi connectivity index (χ4n) is 3.37. The molecular formula is C22H16N4O5. The van der Waals surface area contributed by atoms with Gasteiger partial charge >= 0.3 is 0 Å². The van der Waals surface area contributed by atoms with Crippen molar-refractivity contribution in [3.8, 4) is 11.4 Å². The Kier molecular flexibility index (Phi) is 5.23. The average Bonchev–Trinajstić information content (AvgIpc) is 2.79. The van der Waals surface area contributed by atoms with E-state index >= 15 is 0 Å². The van der Waals surface area contributed by atoms with Crippen LogP contribution in [0, 0.1) is 10.1 Å². The van der Waals surface area contributed by atoms with Crippen LogP contribution in [-0.4, -0.2) is 30.3 Å². The maximum atomic E-state index is 13.3. The van der Waals surface area contributed by atoms with E-state index in [1.807, 2.05) is 0 Å². The molecule has 0 bridgehead atoms. The number of aryl methyl sites for hydroxylation is 1. The molecule has 1 aromatic carbocycles. The molecule has 1 N–H and O–H groups in total. The van der Waals surface area contributed by atoms with Crippen LogP contribution in [0.5, 0.6) is 5.75 Å². The molecule has 0 amide bonds. The van der Waals surface area contributed by atoms with Crippen molar-refractivity contribution in [1.29, 1.82) is 0 Å². The number of Topliss-reactive ketones (excluding diaryl/α,β-unsaturated/α-hetero) is 1. The predicted octanol–water partition coefficient (Wildman–Crippen LogP) is 3.21. The Bertz CT molecular complexity index is 1370. The lowest BCUT2D eigenvalue weighted by Crippen LogP contribution is -2.26. The standard InChI is InChI=1S/C22H16N4O5/c27-18(7-6-14-8-11-23-12-9-14)19-20(28)17-5-2-10-24-21(17)25(22(19)29)15-3-1-4-16(13-15)26(30)31/h1-5,8-13,28H,6-7H2. The normalized spacial score (nSPS) is 10.8. The summed E-state index contributed by atoms with van der Waals surface area (Å²) in [5.74, 6) is -0.987. The van der Waals surface area contributed by atoms with Crippen molar-refractivity contribution >= 4 is 22.5 Å².